The zero-order chi connectivity index (χ0) is 30.6. The Morgan fingerprint density at radius 1 is 1.12 bits per heavy atom. The second kappa shape index (κ2) is 12.8. The van der Waals surface area contributed by atoms with Gasteiger partial charge in [-0.2, -0.15) is 8.42 Å². The third-order valence-electron chi connectivity index (χ3n) is 5.96. The molecule has 2 aromatic carbocycles. The van der Waals surface area contributed by atoms with Gasteiger partial charge >= 0.3 is 6.03 Å². The van der Waals surface area contributed by atoms with E-state index in [2.05, 4.69) is 15.6 Å². The van der Waals surface area contributed by atoms with E-state index in [-0.39, 0.29) is 33.4 Å². The second-order valence-corrected chi connectivity index (χ2v) is 10.9. The van der Waals surface area contributed by atoms with Gasteiger partial charge in [-0.3, -0.25) is 4.79 Å². The van der Waals surface area contributed by atoms with Crippen molar-refractivity contribution in [1.82, 2.24) is 9.55 Å². The van der Waals surface area contributed by atoms with Crippen LogP contribution in [0.4, 0.5) is 30.8 Å². The molecule has 0 radical (unpaired) electrons. The van der Waals surface area contributed by atoms with Gasteiger partial charge in [0, 0.05) is 49.0 Å². The number of halogens is 3. The lowest BCUT2D eigenvalue weighted by Crippen LogP contribution is -2.37. The number of nitrogens with zero attached hydrogens (tertiary/aromatic N) is 3. The van der Waals surface area contributed by atoms with Crippen molar-refractivity contribution in [3.63, 3.8) is 0 Å². The number of fused-ring (bicyclic) bond motifs is 1. The first kappa shape index (κ1) is 30.8. The monoisotopic (exact) mass is 621 g/mol. The summed E-state index contributed by atoms with van der Waals surface area (Å²) in [7, 11) is -2.83. The molecule has 0 bridgehead atoms. The number of rotatable bonds is 10. The van der Waals surface area contributed by atoms with Crippen molar-refractivity contribution in [2.45, 2.75) is 13.5 Å². The van der Waals surface area contributed by atoms with Crippen molar-refractivity contribution in [3.05, 3.63) is 81.7 Å². The molecule has 0 saturated carbocycles. The predicted octanol–water partition coefficient (Wildman–Crippen LogP) is 5.00. The van der Waals surface area contributed by atoms with Gasteiger partial charge in [0.2, 0.25) is 0 Å². The first-order valence-corrected chi connectivity index (χ1v) is 14.6. The van der Waals surface area contributed by atoms with Crippen molar-refractivity contribution < 1.29 is 31.0 Å². The zero-order valence-electron chi connectivity index (χ0n) is 22.7. The summed E-state index contributed by atoms with van der Waals surface area (Å²) in [4.78, 5) is 31.1. The normalized spacial score (nSPS) is 11.5. The van der Waals surface area contributed by atoms with Crippen LogP contribution in [-0.2, 0) is 25.7 Å². The molecule has 0 fully saturated rings. The Labute approximate surface area is 244 Å². The van der Waals surface area contributed by atoms with Gasteiger partial charge in [0.05, 0.1) is 29.1 Å². The van der Waals surface area contributed by atoms with E-state index in [1.165, 1.54) is 28.8 Å². The number of amides is 2. The Morgan fingerprint density at radius 2 is 1.86 bits per heavy atom. The molecule has 2 heterocycles. The summed E-state index contributed by atoms with van der Waals surface area (Å²) >= 11 is 6.37. The van der Waals surface area contributed by atoms with Crippen LogP contribution < -0.4 is 21.3 Å². The van der Waals surface area contributed by atoms with E-state index < -0.39 is 39.0 Å². The van der Waals surface area contributed by atoms with E-state index >= 15 is 4.39 Å². The lowest BCUT2D eigenvalue weighted by molar-refractivity contribution is 0.210. The van der Waals surface area contributed by atoms with Crippen LogP contribution in [0.3, 0.4) is 0 Å². The zero-order valence-corrected chi connectivity index (χ0v) is 24.2. The van der Waals surface area contributed by atoms with E-state index in [9.17, 15) is 22.4 Å². The van der Waals surface area contributed by atoms with Crippen LogP contribution in [0.25, 0.3) is 22.0 Å². The molecule has 0 spiro atoms. The smallest absolute Gasteiger partial charge is 0.351 e. The number of aryl methyl sites for hydroxylation is 1. The molecule has 0 saturated heterocycles. The van der Waals surface area contributed by atoms with Gasteiger partial charge in [0.1, 0.15) is 17.3 Å². The molecule has 0 aliphatic rings. The number of hydrogen-bond acceptors (Lipinski definition) is 8. The minimum atomic E-state index is -4.40. The van der Waals surface area contributed by atoms with Crippen LogP contribution in [-0.4, -0.2) is 50.5 Å². The fourth-order valence-electron chi connectivity index (χ4n) is 4.10. The molecule has 4 rings (SSSR count). The summed E-state index contributed by atoms with van der Waals surface area (Å²) in [6.07, 6.45) is 2.18. The lowest BCUT2D eigenvalue weighted by Gasteiger charge is -2.22. The van der Waals surface area contributed by atoms with E-state index in [0.29, 0.717) is 36.1 Å². The summed E-state index contributed by atoms with van der Waals surface area (Å²) in [6.45, 7) is 2.96. The molecule has 0 aliphatic heterocycles. The Morgan fingerprint density at radius 3 is 2.52 bits per heavy atom. The van der Waals surface area contributed by atoms with Crippen LogP contribution in [0.15, 0.2) is 59.5 Å². The molecule has 222 valence electrons. The first-order chi connectivity index (χ1) is 19.9. The number of hydrogen-bond donors (Lipinski definition) is 2. The fourth-order valence-corrected chi connectivity index (χ4v) is 4.77. The molecule has 11 nitrogen and oxygen atoms in total. The number of carbonyl (C=O) groups is 1. The molecule has 0 atom stereocenters. The summed E-state index contributed by atoms with van der Waals surface area (Å²) in [5.74, 6) is -1.46. The maximum Gasteiger partial charge on any atom is 0.351 e. The van der Waals surface area contributed by atoms with Gasteiger partial charge in [0.25, 0.3) is 15.7 Å². The highest BCUT2D eigenvalue weighted by Gasteiger charge is 2.28. The minimum Gasteiger partial charge on any atom is -0.383 e. The van der Waals surface area contributed by atoms with Gasteiger partial charge in [-0.25, -0.2) is 18.6 Å². The highest BCUT2D eigenvalue weighted by atomic mass is 35.5. The number of methoxy groups -OCH3 is 1. The van der Waals surface area contributed by atoms with Crippen LogP contribution in [0.5, 0.6) is 0 Å². The summed E-state index contributed by atoms with van der Waals surface area (Å²) in [6, 6.07) is 8.75. The molecule has 0 aliphatic carbocycles. The number of pyridine rings is 2. The molecule has 42 heavy (non-hydrogen) atoms. The van der Waals surface area contributed by atoms with Crippen LogP contribution in [0.1, 0.15) is 6.92 Å². The number of aromatic nitrogens is 2. The number of anilines is 3. The highest BCUT2D eigenvalue weighted by molar-refractivity contribution is 7.86. The SMILES string of the molecule is CCn1c(=O)c(-c2cc(N(OS(C)(=O)=O)C(=O)Nc3ccccc3F)c(F)cc2Cl)cc2cnc(NCCOC)cc21. The Bertz CT molecular complexity index is 1820. The van der Waals surface area contributed by atoms with Gasteiger partial charge in [-0.05, 0) is 37.3 Å². The predicted molar refractivity (Wildman–Crippen MR) is 156 cm³/mol. The number of ether oxygens (including phenoxy) is 1. The molecular formula is C27H26ClF2N5O6S. The number of carbonyl (C=O) groups excluding carboxylic acids is 1. The van der Waals surface area contributed by atoms with E-state index in [1.807, 2.05) is 0 Å². The molecule has 4 aromatic rings. The summed E-state index contributed by atoms with van der Waals surface area (Å²) in [5, 5.41) is 5.70. The van der Waals surface area contributed by atoms with Crippen molar-refractivity contribution in [2.75, 3.05) is 42.2 Å². The average Bonchev–Trinajstić information content (AvgIpc) is 2.93. The average molecular weight is 622 g/mol. The van der Waals surface area contributed by atoms with Crippen LogP contribution >= 0.6 is 11.6 Å². The number of hydroxylamine groups is 1. The van der Waals surface area contributed by atoms with Crippen LogP contribution in [0, 0.1) is 11.6 Å². The van der Waals surface area contributed by atoms with Gasteiger partial charge < -0.3 is 19.9 Å². The fraction of sp³-hybridized carbons (Fsp3) is 0.222. The maximum absolute atomic E-state index is 15.3. The van der Waals surface area contributed by atoms with E-state index in [1.54, 1.807) is 26.3 Å². The Kier molecular flexibility index (Phi) is 9.41. The lowest BCUT2D eigenvalue weighted by atomic mass is 10.0. The van der Waals surface area contributed by atoms with Gasteiger partial charge in [0.15, 0.2) is 5.82 Å². The number of para-hydroxylation sites is 1. The third kappa shape index (κ3) is 6.85. The Hall–Kier alpha value is -4.11. The quantitative estimate of drug-likeness (QED) is 0.187. The minimum absolute atomic E-state index is 0.0197. The summed E-state index contributed by atoms with van der Waals surface area (Å²) in [5.41, 5.74) is -0.956. The van der Waals surface area contributed by atoms with Gasteiger partial charge in [-0.15, -0.1) is 9.35 Å². The van der Waals surface area contributed by atoms with Crippen LogP contribution in [0.2, 0.25) is 5.02 Å². The topological polar surface area (TPSA) is 132 Å². The Balaban J connectivity index is 1.84. The molecule has 2 N–H and O–H groups in total. The van der Waals surface area contributed by atoms with Gasteiger partial charge in [-0.1, -0.05) is 23.7 Å². The van der Waals surface area contributed by atoms with Crippen molar-refractivity contribution >= 4 is 55.8 Å². The van der Waals surface area contributed by atoms with Crippen molar-refractivity contribution in [3.8, 4) is 11.1 Å². The van der Waals surface area contributed by atoms with Crippen molar-refractivity contribution in [2.24, 2.45) is 0 Å². The molecule has 15 heteroatoms. The number of benzene rings is 2. The molecule has 2 aromatic heterocycles. The van der Waals surface area contributed by atoms with Crippen molar-refractivity contribution in [1.29, 1.82) is 0 Å². The molecular weight excluding hydrogens is 596 g/mol. The van der Waals surface area contributed by atoms with E-state index in [0.717, 1.165) is 18.2 Å². The second-order valence-electron chi connectivity index (χ2n) is 8.92. The highest BCUT2D eigenvalue weighted by Crippen LogP contribution is 2.35. The number of nitrogens with one attached hydrogen (secondary N) is 2. The molecule has 2 amide bonds. The standard InChI is InChI=1S/C27H26ClF2N5O6S/c1-4-34-23-14-25(31-9-10-40-2)32-15-16(23)11-18(26(34)36)17-12-24(21(30)13-19(17)28)35(41-42(3,38)39)27(37)33-22-8-6-5-7-20(22)29/h5-8,11-15H,4,9-10H2,1-3H3,(H,31,32)(H,33,37). The third-order valence-corrected chi connectivity index (χ3v) is 6.69. The number of urea groups is 1. The first-order valence-electron chi connectivity index (χ1n) is 12.4. The summed E-state index contributed by atoms with van der Waals surface area (Å²) < 4.78 is 64.8. The molecule has 0 unspecified atom stereocenters. The maximum atomic E-state index is 15.3. The largest absolute Gasteiger partial charge is 0.383 e. The van der Waals surface area contributed by atoms with E-state index in [4.69, 9.17) is 20.6 Å².